The molecule has 0 aliphatic rings. The molecule has 0 unspecified atom stereocenters. The van der Waals surface area contributed by atoms with E-state index in [-0.39, 0.29) is 32.0 Å². The van der Waals surface area contributed by atoms with Gasteiger partial charge in [0.15, 0.2) is 0 Å². The van der Waals surface area contributed by atoms with Crippen LogP contribution in [0.1, 0.15) is 10.4 Å². The van der Waals surface area contributed by atoms with Gasteiger partial charge < -0.3 is 15.7 Å². The van der Waals surface area contributed by atoms with Crippen LogP contribution < -0.4 is 10.6 Å². The quantitative estimate of drug-likeness (QED) is 0.722. The molecule has 0 saturated heterocycles. The van der Waals surface area contributed by atoms with Crippen molar-refractivity contribution in [1.82, 2.24) is 0 Å². The van der Waals surface area contributed by atoms with Crippen LogP contribution in [0.25, 0.3) is 0 Å². The molecule has 0 aliphatic carbocycles. The second-order valence-corrected chi connectivity index (χ2v) is 5.42. The van der Waals surface area contributed by atoms with Crippen LogP contribution >= 0.6 is 34.8 Å². The Balaban J connectivity index is 2.21. The van der Waals surface area contributed by atoms with Gasteiger partial charge in [0, 0.05) is 5.02 Å². The van der Waals surface area contributed by atoms with Gasteiger partial charge in [-0.05, 0) is 30.3 Å². The second kappa shape index (κ2) is 6.87. The topological polar surface area (TPSA) is 78.4 Å². The maximum absolute atomic E-state index is 12.0. The molecule has 0 saturated carbocycles. The third-order valence-corrected chi connectivity index (χ3v) is 3.53. The summed E-state index contributed by atoms with van der Waals surface area (Å²) in [6.07, 6.45) is 0. The number of benzene rings is 2. The minimum atomic E-state index is -1.21. The zero-order valence-corrected chi connectivity index (χ0v) is 13.1. The molecule has 0 aliphatic heterocycles. The van der Waals surface area contributed by atoms with Gasteiger partial charge in [0.2, 0.25) is 0 Å². The van der Waals surface area contributed by atoms with Crippen LogP contribution in [0.5, 0.6) is 0 Å². The smallest absolute Gasteiger partial charge is 0.337 e. The third kappa shape index (κ3) is 3.82. The SMILES string of the molecule is O=C(Nc1ccc(Cl)cc1C(=O)O)Nc1c(Cl)cccc1Cl. The number of halogens is 3. The molecule has 2 rings (SSSR count). The Bertz CT molecular complexity index is 730. The number of carbonyl (C=O) groups excluding carboxylic acids is 1. The highest BCUT2D eigenvalue weighted by molar-refractivity contribution is 6.39. The first-order valence-corrected chi connectivity index (χ1v) is 7.06. The van der Waals surface area contributed by atoms with E-state index >= 15 is 0 Å². The Morgan fingerprint density at radius 1 is 0.955 bits per heavy atom. The maximum atomic E-state index is 12.0. The van der Waals surface area contributed by atoms with Crippen LogP contribution in [-0.4, -0.2) is 17.1 Å². The zero-order chi connectivity index (χ0) is 16.3. The molecule has 0 spiro atoms. The first-order valence-electron chi connectivity index (χ1n) is 5.93. The van der Waals surface area contributed by atoms with Crippen molar-refractivity contribution < 1.29 is 14.7 Å². The number of amides is 2. The lowest BCUT2D eigenvalue weighted by Gasteiger charge is -2.12. The van der Waals surface area contributed by atoms with Crippen molar-refractivity contribution >= 4 is 58.2 Å². The Kier molecular flexibility index (Phi) is 5.13. The summed E-state index contributed by atoms with van der Waals surface area (Å²) in [6.45, 7) is 0. The summed E-state index contributed by atoms with van der Waals surface area (Å²) in [7, 11) is 0. The number of aromatic carboxylic acids is 1. The molecular weight excluding hydrogens is 351 g/mol. The molecule has 5 nitrogen and oxygen atoms in total. The average molecular weight is 360 g/mol. The van der Waals surface area contributed by atoms with Crippen molar-refractivity contribution in [1.29, 1.82) is 0 Å². The Morgan fingerprint density at radius 3 is 2.18 bits per heavy atom. The number of hydrogen-bond donors (Lipinski definition) is 3. The van der Waals surface area contributed by atoms with E-state index in [0.29, 0.717) is 0 Å². The number of para-hydroxylation sites is 1. The monoisotopic (exact) mass is 358 g/mol. The zero-order valence-electron chi connectivity index (χ0n) is 10.9. The van der Waals surface area contributed by atoms with Crippen LogP contribution in [0.4, 0.5) is 16.2 Å². The highest BCUT2D eigenvalue weighted by Crippen LogP contribution is 2.30. The molecule has 114 valence electrons. The molecule has 8 heteroatoms. The normalized spacial score (nSPS) is 10.1. The molecule has 0 aromatic heterocycles. The lowest BCUT2D eigenvalue weighted by molar-refractivity contribution is 0.0698. The van der Waals surface area contributed by atoms with Gasteiger partial charge >= 0.3 is 12.0 Å². The highest BCUT2D eigenvalue weighted by atomic mass is 35.5. The Morgan fingerprint density at radius 2 is 1.59 bits per heavy atom. The molecule has 2 amide bonds. The molecular formula is C14H9Cl3N2O3. The van der Waals surface area contributed by atoms with Crippen LogP contribution in [0.15, 0.2) is 36.4 Å². The Labute approximate surface area is 140 Å². The highest BCUT2D eigenvalue weighted by Gasteiger charge is 2.15. The van der Waals surface area contributed by atoms with E-state index in [1.54, 1.807) is 18.2 Å². The fourth-order valence-electron chi connectivity index (χ4n) is 1.69. The largest absolute Gasteiger partial charge is 0.478 e. The summed E-state index contributed by atoms with van der Waals surface area (Å²) in [5.74, 6) is -1.21. The van der Waals surface area contributed by atoms with Crippen LogP contribution in [0.3, 0.4) is 0 Å². The van der Waals surface area contributed by atoms with Gasteiger partial charge in [-0.1, -0.05) is 40.9 Å². The van der Waals surface area contributed by atoms with Crippen molar-refractivity contribution in [2.45, 2.75) is 0 Å². The fraction of sp³-hybridized carbons (Fsp3) is 0. The Hall–Kier alpha value is -1.95. The van der Waals surface area contributed by atoms with Gasteiger partial charge in [-0.2, -0.15) is 0 Å². The molecule has 3 N–H and O–H groups in total. The first kappa shape index (κ1) is 16.4. The van der Waals surface area contributed by atoms with Crippen molar-refractivity contribution in [2.75, 3.05) is 10.6 Å². The van der Waals surface area contributed by atoms with E-state index in [1.807, 2.05) is 0 Å². The van der Waals surface area contributed by atoms with Crippen molar-refractivity contribution in [3.63, 3.8) is 0 Å². The summed E-state index contributed by atoms with van der Waals surface area (Å²) in [5.41, 5.74) is 0.194. The van der Waals surface area contributed by atoms with Gasteiger partial charge in [0.1, 0.15) is 0 Å². The number of urea groups is 1. The van der Waals surface area contributed by atoms with Gasteiger partial charge in [-0.3, -0.25) is 0 Å². The molecule has 0 bridgehead atoms. The van der Waals surface area contributed by atoms with Gasteiger partial charge in [-0.15, -0.1) is 0 Å². The molecule has 2 aromatic rings. The fourth-order valence-corrected chi connectivity index (χ4v) is 2.35. The predicted molar refractivity (Wildman–Crippen MR) is 87.5 cm³/mol. The summed E-state index contributed by atoms with van der Waals surface area (Å²) in [5, 5.41) is 14.8. The number of anilines is 2. The molecule has 0 radical (unpaired) electrons. The number of nitrogens with one attached hydrogen (secondary N) is 2. The third-order valence-electron chi connectivity index (χ3n) is 2.66. The number of rotatable bonds is 3. The number of carboxylic acids is 1. The lowest BCUT2D eigenvalue weighted by atomic mass is 10.2. The predicted octanol–water partition coefficient (Wildman–Crippen LogP) is 4.99. The molecule has 22 heavy (non-hydrogen) atoms. The van der Waals surface area contributed by atoms with E-state index in [9.17, 15) is 9.59 Å². The first-order chi connectivity index (χ1) is 10.4. The van der Waals surface area contributed by atoms with Crippen LogP contribution in [-0.2, 0) is 0 Å². The van der Waals surface area contributed by atoms with Gasteiger partial charge in [0.05, 0.1) is 27.0 Å². The van der Waals surface area contributed by atoms with Crippen LogP contribution in [0.2, 0.25) is 15.1 Å². The van der Waals surface area contributed by atoms with Crippen LogP contribution in [0, 0.1) is 0 Å². The van der Waals surface area contributed by atoms with E-state index in [1.165, 1.54) is 18.2 Å². The van der Waals surface area contributed by atoms with E-state index in [0.717, 1.165) is 0 Å². The minimum absolute atomic E-state index is 0.0950. The minimum Gasteiger partial charge on any atom is -0.478 e. The number of carboxylic acid groups (broad SMARTS) is 1. The second-order valence-electron chi connectivity index (χ2n) is 4.17. The summed E-state index contributed by atoms with van der Waals surface area (Å²) < 4.78 is 0. The standard InChI is InChI=1S/C14H9Cl3N2O3/c15-7-4-5-11(8(6-7)13(20)21)18-14(22)19-12-9(16)2-1-3-10(12)17/h1-6H,(H,20,21)(H2,18,19,22). The maximum Gasteiger partial charge on any atom is 0.337 e. The van der Waals surface area contributed by atoms with Crippen molar-refractivity contribution in [3.8, 4) is 0 Å². The summed E-state index contributed by atoms with van der Waals surface area (Å²) in [6, 6.07) is 8.17. The van der Waals surface area contributed by atoms with E-state index in [2.05, 4.69) is 10.6 Å². The molecule has 0 atom stereocenters. The average Bonchev–Trinajstić information content (AvgIpc) is 2.45. The van der Waals surface area contributed by atoms with Crippen molar-refractivity contribution in [3.05, 3.63) is 57.0 Å². The number of carbonyl (C=O) groups is 2. The van der Waals surface area contributed by atoms with Gasteiger partial charge in [-0.25, -0.2) is 9.59 Å². The summed E-state index contributed by atoms with van der Waals surface area (Å²) in [4.78, 5) is 23.1. The molecule has 0 heterocycles. The molecule has 0 fully saturated rings. The lowest BCUT2D eigenvalue weighted by Crippen LogP contribution is -2.21. The van der Waals surface area contributed by atoms with E-state index < -0.39 is 12.0 Å². The van der Waals surface area contributed by atoms with Crippen molar-refractivity contribution in [2.24, 2.45) is 0 Å². The summed E-state index contributed by atoms with van der Waals surface area (Å²) >= 11 is 17.6. The van der Waals surface area contributed by atoms with Gasteiger partial charge in [0.25, 0.3) is 0 Å². The van der Waals surface area contributed by atoms with E-state index in [4.69, 9.17) is 39.9 Å². The molecule has 2 aromatic carbocycles. The number of hydrogen-bond acceptors (Lipinski definition) is 2.